The van der Waals surface area contributed by atoms with Gasteiger partial charge in [-0.15, -0.1) is 0 Å². The molecule has 2 atom stereocenters. The van der Waals surface area contributed by atoms with Crippen molar-refractivity contribution >= 4 is 16.8 Å². The zero-order chi connectivity index (χ0) is 18.1. The molecule has 2 fully saturated rings. The van der Waals surface area contributed by atoms with Gasteiger partial charge < -0.3 is 4.90 Å². The van der Waals surface area contributed by atoms with E-state index in [-0.39, 0.29) is 5.91 Å². The zero-order valence-corrected chi connectivity index (χ0v) is 15.2. The van der Waals surface area contributed by atoms with Crippen LogP contribution in [0.2, 0.25) is 0 Å². The molecule has 1 aromatic heterocycles. The molecule has 2 aliphatic heterocycles. The number of amides is 1. The van der Waals surface area contributed by atoms with Gasteiger partial charge in [0.05, 0.1) is 17.6 Å². The van der Waals surface area contributed by atoms with E-state index in [0.29, 0.717) is 23.9 Å². The van der Waals surface area contributed by atoms with Gasteiger partial charge in [-0.1, -0.05) is 19.1 Å². The third kappa shape index (κ3) is 3.17. The van der Waals surface area contributed by atoms with Crippen LogP contribution in [0.5, 0.6) is 0 Å². The van der Waals surface area contributed by atoms with E-state index in [1.54, 1.807) is 6.20 Å². The van der Waals surface area contributed by atoms with Crippen LogP contribution < -0.4 is 0 Å². The summed E-state index contributed by atoms with van der Waals surface area (Å²) in [4.78, 5) is 21.4. The van der Waals surface area contributed by atoms with Gasteiger partial charge in [0.1, 0.15) is 6.07 Å². The average molecular weight is 348 g/mol. The predicted molar refractivity (Wildman–Crippen MR) is 101 cm³/mol. The number of hydrogen-bond donors (Lipinski definition) is 0. The number of benzene rings is 1. The van der Waals surface area contributed by atoms with Crippen LogP contribution in [0.25, 0.3) is 10.9 Å². The molecular formula is C21H24N4O. The van der Waals surface area contributed by atoms with Crippen molar-refractivity contribution in [2.24, 2.45) is 5.92 Å². The van der Waals surface area contributed by atoms with Crippen LogP contribution in [0.15, 0.2) is 30.5 Å². The highest BCUT2D eigenvalue weighted by Gasteiger charge is 2.31. The van der Waals surface area contributed by atoms with E-state index >= 15 is 0 Å². The molecule has 2 aromatic rings. The van der Waals surface area contributed by atoms with E-state index in [9.17, 15) is 10.1 Å². The highest BCUT2D eigenvalue weighted by Crippen LogP contribution is 2.34. The molecule has 0 saturated carbocycles. The van der Waals surface area contributed by atoms with E-state index in [2.05, 4.69) is 28.9 Å². The fourth-order valence-corrected chi connectivity index (χ4v) is 4.25. The lowest BCUT2D eigenvalue weighted by Gasteiger charge is -2.39. The fraction of sp³-hybridized carbons (Fsp3) is 0.476. The van der Waals surface area contributed by atoms with Gasteiger partial charge in [-0.25, -0.2) is 0 Å². The van der Waals surface area contributed by atoms with Gasteiger partial charge in [-0.2, -0.15) is 5.26 Å². The molecule has 134 valence electrons. The summed E-state index contributed by atoms with van der Waals surface area (Å²) in [7, 11) is 0. The molecule has 5 heteroatoms. The third-order valence-electron chi connectivity index (χ3n) is 5.68. The Labute approximate surface area is 154 Å². The van der Waals surface area contributed by atoms with Crippen LogP contribution in [0.1, 0.15) is 36.8 Å². The standard InChI is InChI=1S/C21H24N4O/c1-15-10-17(13-25(12-15)20(26)14-24-8-3-9-24)18-6-5-16(11-22)21-19(18)4-2-7-23-21/h2,4-7,15,17H,3,8-10,12-14H2,1H3/t15-,17+/m1/s1. The topological polar surface area (TPSA) is 60.2 Å². The Morgan fingerprint density at radius 3 is 2.88 bits per heavy atom. The Hall–Kier alpha value is -2.45. The first-order chi connectivity index (χ1) is 12.7. The van der Waals surface area contributed by atoms with Crippen LogP contribution in [0, 0.1) is 17.2 Å². The lowest BCUT2D eigenvalue weighted by molar-refractivity contribution is -0.135. The number of piperidine rings is 1. The van der Waals surface area contributed by atoms with Crippen LogP contribution in [0.4, 0.5) is 0 Å². The maximum Gasteiger partial charge on any atom is 0.236 e. The molecule has 5 nitrogen and oxygen atoms in total. The molecule has 1 aromatic carbocycles. The van der Waals surface area contributed by atoms with Gasteiger partial charge in [-0.05, 0) is 49.5 Å². The van der Waals surface area contributed by atoms with Gasteiger partial charge in [0, 0.05) is 30.6 Å². The molecule has 0 N–H and O–H groups in total. The van der Waals surface area contributed by atoms with Crippen LogP contribution >= 0.6 is 0 Å². The number of carbonyl (C=O) groups is 1. The average Bonchev–Trinajstić information content (AvgIpc) is 2.63. The number of aromatic nitrogens is 1. The minimum absolute atomic E-state index is 0.248. The second-order valence-electron chi connectivity index (χ2n) is 7.68. The predicted octanol–water partition coefficient (Wildman–Crippen LogP) is 2.76. The van der Waals surface area contributed by atoms with Gasteiger partial charge in [-0.3, -0.25) is 14.7 Å². The Morgan fingerprint density at radius 2 is 2.15 bits per heavy atom. The Kier molecular flexibility index (Phi) is 4.60. The lowest BCUT2D eigenvalue weighted by Crippen LogP contribution is -2.49. The van der Waals surface area contributed by atoms with E-state index in [4.69, 9.17) is 0 Å². The molecule has 1 amide bonds. The monoisotopic (exact) mass is 348 g/mol. The number of nitriles is 1. The van der Waals surface area contributed by atoms with Crippen molar-refractivity contribution in [3.63, 3.8) is 0 Å². The van der Waals surface area contributed by atoms with Gasteiger partial charge in [0.25, 0.3) is 0 Å². The van der Waals surface area contributed by atoms with Crippen molar-refractivity contribution in [2.75, 3.05) is 32.7 Å². The molecule has 0 unspecified atom stereocenters. The number of nitrogens with zero attached hydrogens (tertiary/aromatic N) is 4. The Morgan fingerprint density at radius 1 is 1.31 bits per heavy atom. The summed E-state index contributed by atoms with van der Waals surface area (Å²) in [5.41, 5.74) is 2.59. The van der Waals surface area contributed by atoms with Crippen LogP contribution in [-0.2, 0) is 4.79 Å². The van der Waals surface area contributed by atoms with Crippen molar-refractivity contribution < 1.29 is 4.79 Å². The number of carbonyl (C=O) groups excluding carboxylic acids is 1. The first-order valence-corrected chi connectivity index (χ1v) is 9.43. The van der Waals surface area contributed by atoms with E-state index < -0.39 is 0 Å². The molecule has 2 saturated heterocycles. The summed E-state index contributed by atoms with van der Waals surface area (Å²) in [6.07, 6.45) is 4.00. The molecule has 0 aliphatic carbocycles. The summed E-state index contributed by atoms with van der Waals surface area (Å²) in [6, 6.07) is 10.1. The SMILES string of the molecule is C[C@@H]1C[C@H](c2ccc(C#N)c3ncccc23)CN(C(=O)CN2CCC2)C1. The van der Waals surface area contributed by atoms with Gasteiger partial charge in [0.15, 0.2) is 0 Å². The van der Waals surface area contributed by atoms with E-state index in [1.807, 2.05) is 23.1 Å². The maximum absolute atomic E-state index is 12.7. The van der Waals surface area contributed by atoms with Crippen molar-refractivity contribution in [2.45, 2.75) is 25.7 Å². The minimum Gasteiger partial charge on any atom is -0.341 e. The largest absolute Gasteiger partial charge is 0.341 e. The highest BCUT2D eigenvalue weighted by molar-refractivity contribution is 5.87. The summed E-state index contributed by atoms with van der Waals surface area (Å²) in [6.45, 7) is 6.47. The first kappa shape index (κ1) is 17.0. The van der Waals surface area contributed by atoms with Gasteiger partial charge >= 0.3 is 0 Å². The van der Waals surface area contributed by atoms with Crippen molar-refractivity contribution in [3.8, 4) is 6.07 Å². The molecule has 4 rings (SSSR count). The molecule has 26 heavy (non-hydrogen) atoms. The maximum atomic E-state index is 12.7. The second kappa shape index (κ2) is 7.05. The quantitative estimate of drug-likeness (QED) is 0.856. The Balaban J connectivity index is 1.61. The number of rotatable bonds is 3. The number of pyridine rings is 1. The molecular weight excluding hydrogens is 324 g/mol. The summed E-state index contributed by atoms with van der Waals surface area (Å²) >= 11 is 0. The highest BCUT2D eigenvalue weighted by atomic mass is 16.2. The lowest BCUT2D eigenvalue weighted by atomic mass is 9.83. The molecule has 0 spiro atoms. The van der Waals surface area contributed by atoms with Gasteiger partial charge in [0.2, 0.25) is 5.91 Å². The van der Waals surface area contributed by atoms with Crippen molar-refractivity contribution in [1.29, 1.82) is 5.26 Å². The molecule has 2 aliphatic rings. The van der Waals surface area contributed by atoms with E-state index in [0.717, 1.165) is 43.5 Å². The van der Waals surface area contributed by atoms with Crippen LogP contribution in [-0.4, -0.2) is 53.4 Å². The fourth-order valence-electron chi connectivity index (χ4n) is 4.25. The Bertz CT molecular complexity index is 868. The smallest absolute Gasteiger partial charge is 0.236 e. The summed E-state index contributed by atoms with van der Waals surface area (Å²) in [5, 5.41) is 10.4. The molecule has 0 bridgehead atoms. The summed E-state index contributed by atoms with van der Waals surface area (Å²) < 4.78 is 0. The normalized spacial score (nSPS) is 23.5. The number of fused-ring (bicyclic) bond motifs is 1. The van der Waals surface area contributed by atoms with Crippen molar-refractivity contribution in [3.05, 3.63) is 41.6 Å². The number of hydrogen-bond acceptors (Lipinski definition) is 4. The molecule has 3 heterocycles. The molecule has 0 radical (unpaired) electrons. The third-order valence-corrected chi connectivity index (χ3v) is 5.68. The van der Waals surface area contributed by atoms with Crippen LogP contribution in [0.3, 0.4) is 0 Å². The number of likely N-dealkylation sites (tertiary alicyclic amines) is 2. The zero-order valence-electron chi connectivity index (χ0n) is 15.2. The van der Waals surface area contributed by atoms with E-state index in [1.165, 1.54) is 12.0 Å². The second-order valence-corrected chi connectivity index (χ2v) is 7.68. The first-order valence-electron chi connectivity index (χ1n) is 9.43. The van der Waals surface area contributed by atoms with Crippen molar-refractivity contribution in [1.82, 2.24) is 14.8 Å². The minimum atomic E-state index is 0.248. The summed E-state index contributed by atoms with van der Waals surface area (Å²) in [5.74, 6) is 1.01.